The first kappa shape index (κ1) is 16.9. The Morgan fingerprint density at radius 2 is 1.71 bits per heavy atom. The fourth-order valence-electron chi connectivity index (χ4n) is 2.38. The third-order valence-corrected chi connectivity index (χ3v) is 4.40. The van der Waals surface area contributed by atoms with Gasteiger partial charge in [0.05, 0.1) is 0 Å². The van der Waals surface area contributed by atoms with Crippen molar-refractivity contribution in [1.29, 1.82) is 0 Å². The van der Waals surface area contributed by atoms with Crippen molar-refractivity contribution >= 4 is 22.9 Å². The molecule has 0 aliphatic heterocycles. The minimum atomic E-state index is -4.55. The molecule has 2 aromatic carbocycles. The van der Waals surface area contributed by atoms with E-state index in [9.17, 15) is 13.2 Å². The van der Waals surface area contributed by atoms with Crippen LogP contribution in [0.2, 0.25) is 5.02 Å². The lowest BCUT2D eigenvalue weighted by atomic mass is 9.96. The van der Waals surface area contributed by atoms with Gasteiger partial charge in [-0.15, -0.1) is 11.3 Å². The van der Waals surface area contributed by atoms with Gasteiger partial charge in [-0.2, -0.15) is 13.2 Å². The summed E-state index contributed by atoms with van der Waals surface area (Å²) in [6.07, 6.45) is -6.62. The molecule has 0 aliphatic carbocycles. The summed E-state index contributed by atoms with van der Waals surface area (Å²) in [6, 6.07) is 16.3. The highest BCUT2D eigenvalue weighted by atomic mass is 35.5. The lowest BCUT2D eigenvalue weighted by Crippen LogP contribution is -2.26. The van der Waals surface area contributed by atoms with Crippen molar-refractivity contribution in [3.05, 3.63) is 76.6 Å². The smallest absolute Gasteiger partial charge is 0.429 e. The van der Waals surface area contributed by atoms with E-state index >= 15 is 0 Å². The van der Waals surface area contributed by atoms with E-state index in [4.69, 9.17) is 16.3 Å². The van der Waals surface area contributed by atoms with Gasteiger partial charge in [0.15, 0.2) is 5.06 Å². The Labute approximate surface area is 146 Å². The second kappa shape index (κ2) is 6.87. The Morgan fingerprint density at radius 3 is 2.33 bits per heavy atom. The van der Waals surface area contributed by atoms with E-state index in [0.717, 1.165) is 11.3 Å². The zero-order valence-corrected chi connectivity index (χ0v) is 13.8. The van der Waals surface area contributed by atoms with Crippen LogP contribution >= 0.6 is 22.9 Å². The van der Waals surface area contributed by atoms with Crippen LogP contribution in [0.25, 0.3) is 11.1 Å². The van der Waals surface area contributed by atoms with Crippen molar-refractivity contribution < 1.29 is 17.9 Å². The molecule has 3 aromatic rings. The molecule has 1 heterocycles. The molecular weight excluding hydrogens is 357 g/mol. The zero-order chi connectivity index (χ0) is 17.2. The van der Waals surface area contributed by atoms with Gasteiger partial charge in [-0.1, -0.05) is 48.0 Å². The van der Waals surface area contributed by atoms with Crippen molar-refractivity contribution in [3.8, 4) is 16.2 Å². The summed E-state index contributed by atoms with van der Waals surface area (Å²) in [5, 5.41) is 2.25. The van der Waals surface area contributed by atoms with Crippen LogP contribution in [0.15, 0.2) is 66.0 Å². The second-order valence-electron chi connectivity index (χ2n) is 5.07. The molecule has 1 unspecified atom stereocenters. The molecule has 0 N–H and O–H groups in total. The molecule has 0 bridgehead atoms. The Balaban J connectivity index is 2.11. The van der Waals surface area contributed by atoms with Crippen LogP contribution in [-0.2, 0) is 0 Å². The van der Waals surface area contributed by atoms with E-state index in [2.05, 4.69) is 0 Å². The maximum atomic E-state index is 13.6. The van der Waals surface area contributed by atoms with E-state index in [1.807, 2.05) is 0 Å². The van der Waals surface area contributed by atoms with Gasteiger partial charge in [-0.25, -0.2) is 0 Å². The van der Waals surface area contributed by atoms with Crippen LogP contribution in [0, 0.1) is 0 Å². The summed E-state index contributed by atoms with van der Waals surface area (Å²) < 4.78 is 46.2. The molecule has 0 saturated carbocycles. The summed E-state index contributed by atoms with van der Waals surface area (Å²) in [7, 11) is 0. The molecule has 6 heteroatoms. The average Bonchev–Trinajstić information content (AvgIpc) is 3.06. The number of benzene rings is 2. The summed E-state index contributed by atoms with van der Waals surface area (Å²) >= 11 is 7.13. The van der Waals surface area contributed by atoms with E-state index < -0.39 is 12.3 Å². The molecule has 3 rings (SSSR count). The fourth-order valence-corrected chi connectivity index (χ4v) is 3.15. The first-order valence-corrected chi connectivity index (χ1v) is 8.32. The molecule has 0 spiro atoms. The van der Waals surface area contributed by atoms with Gasteiger partial charge in [0.1, 0.15) is 0 Å². The third-order valence-electron chi connectivity index (χ3n) is 3.41. The highest BCUT2D eigenvalue weighted by Gasteiger charge is 2.44. The van der Waals surface area contributed by atoms with Gasteiger partial charge < -0.3 is 4.74 Å². The van der Waals surface area contributed by atoms with Gasteiger partial charge in [0.25, 0.3) is 0 Å². The molecule has 0 fully saturated rings. The van der Waals surface area contributed by atoms with E-state index in [1.165, 1.54) is 24.3 Å². The standard InChI is InChI=1S/C18H12ClF3OS/c19-13-8-9-14(15(11-13)12-5-2-1-3-6-12)17(18(20,21)22)23-16-7-4-10-24-16/h1-11,17H. The van der Waals surface area contributed by atoms with Crippen molar-refractivity contribution in [2.45, 2.75) is 12.3 Å². The van der Waals surface area contributed by atoms with E-state index in [1.54, 1.807) is 41.8 Å². The van der Waals surface area contributed by atoms with Crippen molar-refractivity contribution in [2.75, 3.05) is 0 Å². The van der Waals surface area contributed by atoms with Crippen molar-refractivity contribution in [2.24, 2.45) is 0 Å². The predicted molar refractivity (Wildman–Crippen MR) is 90.6 cm³/mol. The SMILES string of the molecule is FC(F)(F)C(Oc1cccs1)c1ccc(Cl)cc1-c1ccccc1. The minimum Gasteiger partial charge on any atom is -0.467 e. The fraction of sp³-hybridized carbons (Fsp3) is 0.111. The van der Waals surface area contributed by atoms with Gasteiger partial charge in [0, 0.05) is 10.6 Å². The van der Waals surface area contributed by atoms with Gasteiger partial charge in [-0.3, -0.25) is 0 Å². The summed E-state index contributed by atoms with van der Waals surface area (Å²) in [5.41, 5.74) is 1.09. The number of alkyl halides is 3. The number of rotatable bonds is 4. The molecule has 124 valence electrons. The number of hydrogen-bond donors (Lipinski definition) is 0. The Bertz CT molecular complexity index is 801. The van der Waals surface area contributed by atoms with E-state index in [-0.39, 0.29) is 10.6 Å². The molecule has 0 radical (unpaired) electrons. The summed E-state index contributed by atoms with van der Waals surface area (Å²) in [5.74, 6) is 0. The van der Waals surface area contributed by atoms with Gasteiger partial charge in [0.2, 0.25) is 6.10 Å². The van der Waals surface area contributed by atoms with E-state index in [0.29, 0.717) is 16.1 Å². The minimum absolute atomic E-state index is 0.0338. The van der Waals surface area contributed by atoms with Crippen LogP contribution in [0.4, 0.5) is 13.2 Å². The number of ether oxygens (including phenoxy) is 1. The highest BCUT2D eigenvalue weighted by Crippen LogP contribution is 2.42. The quantitative estimate of drug-likeness (QED) is 0.495. The molecule has 0 amide bonds. The predicted octanol–water partition coefficient (Wildman–Crippen LogP) is 6.75. The normalized spacial score (nSPS) is 12.8. The molecule has 1 nitrogen and oxygen atoms in total. The topological polar surface area (TPSA) is 9.23 Å². The molecule has 1 atom stereocenters. The Morgan fingerprint density at radius 1 is 0.958 bits per heavy atom. The van der Waals surface area contributed by atoms with Crippen LogP contribution in [0.5, 0.6) is 5.06 Å². The van der Waals surface area contributed by atoms with Crippen molar-refractivity contribution in [3.63, 3.8) is 0 Å². The molecular formula is C18H12ClF3OS. The van der Waals surface area contributed by atoms with Crippen LogP contribution in [0.1, 0.15) is 11.7 Å². The zero-order valence-electron chi connectivity index (χ0n) is 12.3. The van der Waals surface area contributed by atoms with Crippen LogP contribution in [0.3, 0.4) is 0 Å². The number of thiophene rings is 1. The first-order chi connectivity index (χ1) is 11.4. The lowest BCUT2D eigenvalue weighted by Gasteiger charge is -2.24. The number of hydrogen-bond acceptors (Lipinski definition) is 2. The third kappa shape index (κ3) is 3.74. The monoisotopic (exact) mass is 368 g/mol. The van der Waals surface area contributed by atoms with Gasteiger partial charge in [-0.05, 0) is 40.8 Å². The first-order valence-electron chi connectivity index (χ1n) is 7.07. The maximum Gasteiger partial charge on any atom is 0.429 e. The average molecular weight is 369 g/mol. The van der Waals surface area contributed by atoms with Crippen LogP contribution in [-0.4, -0.2) is 6.18 Å². The Hall–Kier alpha value is -1.98. The molecule has 24 heavy (non-hydrogen) atoms. The largest absolute Gasteiger partial charge is 0.467 e. The summed E-state index contributed by atoms with van der Waals surface area (Å²) in [6.45, 7) is 0. The Kier molecular flexibility index (Phi) is 4.83. The second-order valence-corrected chi connectivity index (χ2v) is 6.42. The van der Waals surface area contributed by atoms with Gasteiger partial charge >= 0.3 is 6.18 Å². The summed E-state index contributed by atoms with van der Waals surface area (Å²) in [4.78, 5) is 0. The molecule has 0 saturated heterocycles. The van der Waals surface area contributed by atoms with Crippen LogP contribution < -0.4 is 4.74 Å². The maximum absolute atomic E-state index is 13.6. The highest BCUT2D eigenvalue weighted by molar-refractivity contribution is 7.11. The number of halogens is 4. The molecule has 0 aliphatic rings. The molecule has 1 aromatic heterocycles. The lowest BCUT2D eigenvalue weighted by molar-refractivity contribution is -0.197. The van der Waals surface area contributed by atoms with Crippen molar-refractivity contribution in [1.82, 2.24) is 0 Å².